The molecule has 2 bridgehead atoms. The Morgan fingerprint density at radius 2 is 2.04 bits per heavy atom. The van der Waals surface area contributed by atoms with Gasteiger partial charge in [0.25, 0.3) is 5.91 Å². The number of hydrogen-bond donors (Lipinski definition) is 2. The van der Waals surface area contributed by atoms with Crippen molar-refractivity contribution in [2.45, 2.75) is 37.8 Å². The van der Waals surface area contributed by atoms with Gasteiger partial charge in [-0.25, -0.2) is 14.8 Å². The summed E-state index contributed by atoms with van der Waals surface area (Å²) < 4.78 is 0. The van der Waals surface area contributed by atoms with Crippen LogP contribution in [0.3, 0.4) is 0 Å². The second-order valence-electron chi connectivity index (χ2n) is 7.42. The summed E-state index contributed by atoms with van der Waals surface area (Å²) in [6.45, 7) is 1.62. The Morgan fingerprint density at radius 3 is 2.79 bits per heavy atom. The first kappa shape index (κ1) is 16.9. The first-order chi connectivity index (χ1) is 13.7. The van der Waals surface area contributed by atoms with Gasteiger partial charge in [0, 0.05) is 31.5 Å². The lowest BCUT2D eigenvalue weighted by molar-refractivity contribution is 0.0912. The lowest BCUT2D eigenvalue weighted by atomic mass is 9.93. The molecule has 28 heavy (non-hydrogen) atoms. The van der Waals surface area contributed by atoms with Crippen molar-refractivity contribution >= 4 is 29.3 Å². The fraction of sp³-hybridized carbons (Fsp3) is 0.421. The zero-order valence-electron chi connectivity index (χ0n) is 15.3. The second-order valence-corrected chi connectivity index (χ2v) is 7.42. The highest BCUT2D eigenvalue weighted by atomic mass is 16.2. The van der Waals surface area contributed by atoms with Crippen LogP contribution in [0.15, 0.2) is 30.7 Å². The van der Waals surface area contributed by atoms with Gasteiger partial charge in [0.15, 0.2) is 11.6 Å². The van der Waals surface area contributed by atoms with Crippen LogP contribution in [0.4, 0.5) is 22.1 Å². The summed E-state index contributed by atoms with van der Waals surface area (Å²) >= 11 is 0. The minimum Gasteiger partial charge on any atom is -0.366 e. The summed E-state index contributed by atoms with van der Waals surface area (Å²) in [4.78, 5) is 42.1. The van der Waals surface area contributed by atoms with E-state index in [4.69, 9.17) is 0 Å². The monoisotopic (exact) mass is 379 g/mol. The Balaban J connectivity index is 1.45. The standard InChI is InChI=1S/C19H21N7O2/c27-18(22-12-2-1-3-12)14-4-5-15-17(23-14)26(13-6-9-25(15)11-13)19(28)24-16-10-20-7-8-21-16/h4-5,7-8,10,12-13H,1-3,6,9,11H2,(H,22,27)(H,21,24,28)/t13-/m0/s1. The molecule has 0 spiro atoms. The van der Waals surface area contributed by atoms with Gasteiger partial charge in [0.2, 0.25) is 0 Å². The maximum absolute atomic E-state index is 13.0. The second kappa shape index (κ2) is 6.74. The van der Waals surface area contributed by atoms with Gasteiger partial charge < -0.3 is 10.2 Å². The van der Waals surface area contributed by atoms with Crippen LogP contribution in [0.5, 0.6) is 0 Å². The molecule has 1 aliphatic carbocycles. The zero-order chi connectivity index (χ0) is 19.1. The van der Waals surface area contributed by atoms with Gasteiger partial charge >= 0.3 is 6.03 Å². The van der Waals surface area contributed by atoms with Crippen LogP contribution in [0, 0.1) is 0 Å². The summed E-state index contributed by atoms with van der Waals surface area (Å²) in [5.74, 6) is 0.722. The number of aromatic nitrogens is 3. The van der Waals surface area contributed by atoms with Crippen molar-refractivity contribution in [2.24, 2.45) is 0 Å². The molecular weight excluding hydrogens is 358 g/mol. The van der Waals surface area contributed by atoms with E-state index in [-0.39, 0.29) is 24.0 Å². The van der Waals surface area contributed by atoms with E-state index in [1.807, 2.05) is 6.07 Å². The molecule has 1 saturated heterocycles. The van der Waals surface area contributed by atoms with Gasteiger partial charge in [-0.1, -0.05) is 0 Å². The third kappa shape index (κ3) is 2.92. The first-order valence-corrected chi connectivity index (χ1v) is 9.62. The van der Waals surface area contributed by atoms with Crippen LogP contribution in [-0.2, 0) is 0 Å². The maximum atomic E-state index is 13.0. The molecule has 9 heteroatoms. The quantitative estimate of drug-likeness (QED) is 0.843. The molecule has 4 heterocycles. The Morgan fingerprint density at radius 1 is 1.14 bits per heavy atom. The Labute approximate surface area is 162 Å². The van der Waals surface area contributed by atoms with E-state index < -0.39 is 0 Å². The fourth-order valence-electron chi connectivity index (χ4n) is 3.94. The highest BCUT2D eigenvalue weighted by molar-refractivity contribution is 6.04. The molecular formula is C19H21N7O2. The van der Waals surface area contributed by atoms with Gasteiger partial charge in [-0.15, -0.1) is 0 Å². The number of amides is 3. The van der Waals surface area contributed by atoms with Crippen molar-refractivity contribution in [3.63, 3.8) is 0 Å². The summed E-state index contributed by atoms with van der Waals surface area (Å²) in [7, 11) is 0. The van der Waals surface area contributed by atoms with E-state index in [2.05, 4.69) is 30.5 Å². The lowest BCUT2D eigenvalue weighted by Crippen LogP contribution is -2.48. The predicted molar refractivity (Wildman–Crippen MR) is 103 cm³/mol. The molecule has 2 aliphatic heterocycles. The average Bonchev–Trinajstić information content (AvgIpc) is 3.09. The van der Waals surface area contributed by atoms with Crippen LogP contribution < -0.4 is 20.4 Å². The molecule has 0 aromatic carbocycles. The normalized spacial score (nSPS) is 20.4. The van der Waals surface area contributed by atoms with Crippen molar-refractivity contribution in [1.29, 1.82) is 0 Å². The van der Waals surface area contributed by atoms with E-state index in [9.17, 15) is 9.59 Å². The van der Waals surface area contributed by atoms with Gasteiger partial charge in [-0.05, 0) is 37.8 Å². The van der Waals surface area contributed by atoms with Crippen LogP contribution >= 0.6 is 0 Å². The minimum atomic E-state index is -0.308. The van der Waals surface area contributed by atoms with Crippen LogP contribution in [0.25, 0.3) is 0 Å². The van der Waals surface area contributed by atoms with E-state index in [1.165, 1.54) is 12.4 Å². The third-order valence-electron chi connectivity index (χ3n) is 5.64. The summed E-state index contributed by atoms with van der Waals surface area (Å²) in [6.07, 6.45) is 8.61. The predicted octanol–water partition coefficient (Wildman–Crippen LogP) is 1.78. The van der Waals surface area contributed by atoms with Gasteiger partial charge in [-0.3, -0.25) is 20.0 Å². The zero-order valence-corrected chi connectivity index (χ0v) is 15.3. The van der Waals surface area contributed by atoms with Crippen LogP contribution in [0.1, 0.15) is 36.2 Å². The number of urea groups is 1. The average molecular weight is 379 g/mol. The number of carbonyl (C=O) groups excluding carboxylic acids is 2. The molecule has 2 aromatic heterocycles. The molecule has 2 fully saturated rings. The molecule has 2 aromatic rings. The fourth-order valence-corrected chi connectivity index (χ4v) is 3.94. The highest BCUT2D eigenvalue weighted by Crippen LogP contribution is 2.39. The molecule has 3 amide bonds. The number of anilines is 3. The van der Waals surface area contributed by atoms with Crippen LogP contribution in [0.2, 0.25) is 0 Å². The molecule has 144 valence electrons. The Bertz CT molecular complexity index is 916. The largest absolute Gasteiger partial charge is 0.366 e. The first-order valence-electron chi connectivity index (χ1n) is 9.62. The third-order valence-corrected chi connectivity index (χ3v) is 5.64. The summed E-state index contributed by atoms with van der Waals surface area (Å²) in [6, 6.07) is 3.58. The molecule has 5 rings (SSSR count). The molecule has 1 saturated carbocycles. The van der Waals surface area contributed by atoms with Gasteiger partial charge in [0.05, 0.1) is 17.9 Å². The van der Waals surface area contributed by atoms with Crippen LogP contribution in [-0.4, -0.2) is 52.1 Å². The Hall–Kier alpha value is -3.23. The molecule has 1 atom stereocenters. The van der Waals surface area contributed by atoms with Gasteiger partial charge in [0.1, 0.15) is 5.69 Å². The van der Waals surface area contributed by atoms with E-state index in [0.717, 1.165) is 44.5 Å². The van der Waals surface area contributed by atoms with E-state index >= 15 is 0 Å². The lowest BCUT2D eigenvalue weighted by Gasteiger charge is -2.35. The SMILES string of the molecule is O=C(NC1CCC1)c1ccc2c(n1)N(C(=O)Nc1cnccn1)[C@H]1CCN2C1. The highest BCUT2D eigenvalue weighted by Gasteiger charge is 2.40. The smallest absolute Gasteiger partial charge is 0.329 e. The van der Waals surface area contributed by atoms with E-state index in [1.54, 1.807) is 17.2 Å². The van der Waals surface area contributed by atoms with Crippen molar-refractivity contribution in [2.75, 3.05) is 28.2 Å². The maximum Gasteiger partial charge on any atom is 0.329 e. The molecule has 0 radical (unpaired) electrons. The number of fused-ring (bicyclic) bond motifs is 4. The van der Waals surface area contributed by atoms with Crippen molar-refractivity contribution in [3.05, 3.63) is 36.4 Å². The topological polar surface area (TPSA) is 103 Å². The number of nitrogens with zero attached hydrogens (tertiary/aromatic N) is 5. The minimum absolute atomic E-state index is 0.0154. The molecule has 3 aliphatic rings. The summed E-state index contributed by atoms with van der Waals surface area (Å²) in [5.41, 5.74) is 1.22. The number of carbonyl (C=O) groups is 2. The van der Waals surface area contributed by atoms with Gasteiger partial charge in [-0.2, -0.15) is 0 Å². The van der Waals surface area contributed by atoms with Crippen molar-refractivity contribution in [1.82, 2.24) is 20.3 Å². The molecule has 9 nitrogen and oxygen atoms in total. The molecule has 0 unspecified atom stereocenters. The number of hydrogen-bond acceptors (Lipinski definition) is 6. The number of pyridine rings is 1. The van der Waals surface area contributed by atoms with Crippen molar-refractivity contribution in [3.8, 4) is 0 Å². The summed E-state index contributed by atoms with van der Waals surface area (Å²) in [5, 5.41) is 5.80. The number of nitrogens with one attached hydrogen (secondary N) is 2. The van der Waals surface area contributed by atoms with E-state index in [0.29, 0.717) is 17.3 Å². The Kier molecular flexibility index (Phi) is 4.07. The number of rotatable bonds is 3. The molecule has 2 N–H and O–H groups in total. The van der Waals surface area contributed by atoms with Crippen molar-refractivity contribution < 1.29 is 9.59 Å².